The highest BCUT2D eigenvalue weighted by Gasteiger charge is 2.12. The van der Waals surface area contributed by atoms with Crippen molar-refractivity contribution in [3.05, 3.63) is 41.2 Å². The molecule has 4 nitrogen and oxygen atoms in total. The Balaban J connectivity index is 1.70. The molecule has 0 atom stereocenters. The van der Waals surface area contributed by atoms with Gasteiger partial charge >= 0.3 is 0 Å². The van der Waals surface area contributed by atoms with E-state index in [1.54, 1.807) is 6.26 Å². The van der Waals surface area contributed by atoms with Gasteiger partial charge in [0.2, 0.25) is 5.89 Å². The summed E-state index contributed by atoms with van der Waals surface area (Å²) in [6, 6.07) is 7.57. The van der Waals surface area contributed by atoms with Crippen molar-refractivity contribution >= 4 is 11.6 Å². The second kappa shape index (κ2) is 6.39. The molecule has 0 amide bonds. The molecule has 0 unspecified atom stereocenters. The first-order valence-electron chi connectivity index (χ1n) is 6.95. The Morgan fingerprint density at radius 2 is 2.25 bits per heavy atom. The molecule has 20 heavy (non-hydrogen) atoms. The van der Waals surface area contributed by atoms with Gasteiger partial charge in [0.25, 0.3) is 0 Å². The van der Waals surface area contributed by atoms with E-state index >= 15 is 0 Å². The van der Waals surface area contributed by atoms with Crippen LogP contribution in [0.5, 0.6) is 0 Å². The van der Waals surface area contributed by atoms with E-state index in [1.807, 2.05) is 24.3 Å². The molecular weight excluding hydrogens is 274 g/mol. The van der Waals surface area contributed by atoms with Gasteiger partial charge in [-0.3, -0.25) is 4.90 Å². The molecule has 2 heterocycles. The summed E-state index contributed by atoms with van der Waals surface area (Å²) in [5.74, 6) is 0.635. The smallest absolute Gasteiger partial charge is 0.226 e. The maximum absolute atomic E-state index is 5.99. The van der Waals surface area contributed by atoms with Crippen molar-refractivity contribution in [3.63, 3.8) is 0 Å². The SMILES string of the molecule is Clc1cccc(-c2nc(CN3CCCNCC3)co2)c1. The fourth-order valence-corrected chi connectivity index (χ4v) is 2.61. The van der Waals surface area contributed by atoms with Crippen LogP contribution in [0.4, 0.5) is 0 Å². The minimum atomic E-state index is 0.635. The fraction of sp³-hybridized carbons (Fsp3) is 0.400. The third-order valence-corrected chi connectivity index (χ3v) is 3.68. The normalized spacial score (nSPS) is 17.1. The van der Waals surface area contributed by atoms with Crippen molar-refractivity contribution in [1.82, 2.24) is 15.2 Å². The van der Waals surface area contributed by atoms with Crippen LogP contribution in [0.15, 0.2) is 34.9 Å². The fourth-order valence-electron chi connectivity index (χ4n) is 2.42. The monoisotopic (exact) mass is 291 g/mol. The molecule has 1 fully saturated rings. The van der Waals surface area contributed by atoms with E-state index in [0.717, 1.165) is 44.0 Å². The van der Waals surface area contributed by atoms with Crippen molar-refractivity contribution in [1.29, 1.82) is 0 Å². The summed E-state index contributed by atoms with van der Waals surface area (Å²) >= 11 is 5.99. The lowest BCUT2D eigenvalue weighted by atomic mass is 10.2. The lowest BCUT2D eigenvalue weighted by Crippen LogP contribution is -2.27. The molecule has 0 radical (unpaired) electrons. The summed E-state index contributed by atoms with van der Waals surface area (Å²) < 4.78 is 5.57. The minimum Gasteiger partial charge on any atom is -0.444 e. The van der Waals surface area contributed by atoms with Crippen LogP contribution in [0.25, 0.3) is 11.5 Å². The molecule has 0 spiro atoms. The van der Waals surface area contributed by atoms with Crippen LogP contribution in [0, 0.1) is 0 Å². The van der Waals surface area contributed by atoms with Crippen molar-refractivity contribution in [2.75, 3.05) is 26.2 Å². The molecular formula is C15H18ClN3O. The second-order valence-corrected chi connectivity index (χ2v) is 5.47. The average Bonchev–Trinajstić information content (AvgIpc) is 2.75. The lowest BCUT2D eigenvalue weighted by Gasteiger charge is -2.17. The van der Waals surface area contributed by atoms with Crippen molar-refractivity contribution in [3.8, 4) is 11.5 Å². The number of oxazole rings is 1. The van der Waals surface area contributed by atoms with Crippen LogP contribution in [0.1, 0.15) is 12.1 Å². The topological polar surface area (TPSA) is 41.3 Å². The Hall–Kier alpha value is -1.36. The van der Waals surface area contributed by atoms with Gasteiger partial charge in [0.1, 0.15) is 6.26 Å². The van der Waals surface area contributed by atoms with E-state index in [4.69, 9.17) is 16.0 Å². The van der Waals surface area contributed by atoms with Crippen LogP contribution >= 0.6 is 11.6 Å². The molecule has 106 valence electrons. The summed E-state index contributed by atoms with van der Waals surface area (Å²) in [5.41, 5.74) is 1.89. The maximum Gasteiger partial charge on any atom is 0.226 e. The predicted molar refractivity (Wildman–Crippen MR) is 79.7 cm³/mol. The zero-order chi connectivity index (χ0) is 13.8. The van der Waals surface area contributed by atoms with Crippen LogP contribution < -0.4 is 5.32 Å². The Morgan fingerprint density at radius 1 is 1.30 bits per heavy atom. The summed E-state index contributed by atoms with van der Waals surface area (Å²) in [6.45, 7) is 5.14. The number of nitrogens with one attached hydrogen (secondary N) is 1. The molecule has 2 aromatic rings. The molecule has 1 saturated heterocycles. The number of nitrogens with zero attached hydrogens (tertiary/aromatic N) is 2. The summed E-state index contributed by atoms with van der Waals surface area (Å²) in [5, 5.41) is 4.10. The highest BCUT2D eigenvalue weighted by molar-refractivity contribution is 6.30. The first kappa shape index (κ1) is 13.6. The molecule has 0 bridgehead atoms. The molecule has 1 aliphatic rings. The number of benzene rings is 1. The van der Waals surface area contributed by atoms with Gasteiger partial charge in [-0.05, 0) is 37.7 Å². The van der Waals surface area contributed by atoms with E-state index in [9.17, 15) is 0 Å². The van der Waals surface area contributed by atoms with Crippen LogP contribution in [-0.2, 0) is 6.54 Å². The first-order chi connectivity index (χ1) is 9.81. The molecule has 1 N–H and O–H groups in total. The van der Waals surface area contributed by atoms with E-state index in [1.165, 1.54) is 6.42 Å². The van der Waals surface area contributed by atoms with Gasteiger partial charge in [-0.1, -0.05) is 17.7 Å². The molecule has 0 aliphatic carbocycles. The van der Waals surface area contributed by atoms with Crippen molar-refractivity contribution in [2.24, 2.45) is 0 Å². The predicted octanol–water partition coefficient (Wildman–Crippen LogP) is 2.79. The largest absolute Gasteiger partial charge is 0.444 e. The highest BCUT2D eigenvalue weighted by Crippen LogP contribution is 2.22. The average molecular weight is 292 g/mol. The maximum atomic E-state index is 5.99. The first-order valence-corrected chi connectivity index (χ1v) is 7.32. The quantitative estimate of drug-likeness (QED) is 0.944. The number of hydrogen-bond acceptors (Lipinski definition) is 4. The van der Waals surface area contributed by atoms with Gasteiger partial charge in [0, 0.05) is 30.2 Å². The Labute approximate surface area is 123 Å². The van der Waals surface area contributed by atoms with Crippen LogP contribution in [0.2, 0.25) is 5.02 Å². The summed E-state index contributed by atoms with van der Waals surface area (Å²) in [6.07, 6.45) is 2.92. The minimum absolute atomic E-state index is 0.635. The van der Waals surface area contributed by atoms with E-state index in [2.05, 4.69) is 15.2 Å². The summed E-state index contributed by atoms with van der Waals surface area (Å²) in [7, 11) is 0. The van der Waals surface area contributed by atoms with Gasteiger partial charge < -0.3 is 9.73 Å². The van der Waals surface area contributed by atoms with Gasteiger partial charge in [-0.2, -0.15) is 0 Å². The van der Waals surface area contributed by atoms with E-state index < -0.39 is 0 Å². The second-order valence-electron chi connectivity index (χ2n) is 5.03. The van der Waals surface area contributed by atoms with Crippen molar-refractivity contribution in [2.45, 2.75) is 13.0 Å². The van der Waals surface area contributed by atoms with Gasteiger partial charge in [-0.15, -0.1) is 0 Å². The molecule has 5 heteroatoms. The van der Waals surface area contributed by atoms with E-state index in [0.29, 0.717) is 10.9 Å². The Morgan fingerprint density at radius 3 is 3.15 bits per heavy atom. The third-order valence-electron chi connectivity index (χ3n) is 3.44. The molecule has 1 aromatic heterocycles. The van der Waals surface area contributed by atoms with Gasteiger partial charge in [0.15, 0.2) is 0 Å². The van der Waals surface area contributed by atoms with Gasteiger partial charge in [-0.25, -0.2) is 4.98 Å². The molecule has 3 rings (SSSR count). The van der Waals surface area contributed by atoms with Gasteiger partial charge in [0.05, 0.1) is 5.69 Å². The summed E-state index contributed by atoms with van der Waals surface area (Å²) in [4.78, 5) is 6.96. The Bertz CT molecular complexity index is 562. The Kier molecular flexibility index (Phi) is 4.35. The zero-order valence-electron chi connectivity index (χ0n) is 11.3. The number of hydrogen-bond donors (Lipinski definition) is 1. The van der Waals surface area contributed by atoms with Crippen LogP contribution in [-0.4, -0.2) is 36.1 Å². The standard InChI is InChI=1S/C15H18ClN3O/c16-13-4-1-3-12(9-13)15-18-14(11-20-15)10-19-7-2-5-17-6-8-19/h1,3-4,9,11,17H,2,5-8,10H2. The number of halogens is 1. The highest BCUT2D eigenvalue weighted by atomic mass is 35.5. The lowest BCUT2D eigenvalue weighted by molar-refractivity contribution is 0.281. The zero-order valence-corrected chi connectivity index (χ0v) is 12.1. The third kappa shape index (κ3) is 3.39. The number of rotatable bonds is 3. The molecule has 0 saturated carbocycles. The van der Waals surface area contributed by atoms with Crippen molar-refractivity contribution < 1.29 is 4.42 Å². The number of aromatic nitrogens is 1. The molecule has 1 aliphatic heterocycles. The van der Waals surface area contributed by atoms with Crippen LogP contribution in [0.3, 0.4) is 0 Å². The molecule has 1 aromatic carbocycles. The van der Waals surface area contributed by atoms with E-state index in [-0.39, 0.29) is 0 Å².